The predicted molar refractivity (Wildman–Crippen MR) is 67.9 cm³/mol. The Morgan fingerprint density at radius 1 is 1.38 bits per heavy atom. The third kappa shape index (κ3) is 8.85. The van der Waals surface area contributed by atoms with Gasteiger partial charge in [-0.3, -0.25) is 0 Å². The lowest BCUT2D eigenvalue weighted by molar-refractivity contribution is 0.0299. The van der Waals surface area contributed by atoms with E-state index in [4.69, 9.17) is 9.84 Å². The summed E-state index contributed by atoms with van der Waals surface area (Å²) >= 11 is 1.69. The maximum absolute atomic E-state index is 11.5. The molecule has 0 aromatic rings. The van der Waals surface area contributed by atoms with Crippen LogP contribution < -0.4 is 0 Å². The van der Waals surface area contributed by atoms with Crippen LogP contribution in [0.15, 0.2) is 0 Å². The zero-order valence-electron chi connectivity index (χ0n) is 10.7. The molecule has 1 amide bonds. The zero-order valence-corrected chi connectivity index (χ0v) is 11.5. The van der Waals surface area contributed by atoms with Gasteiger partial charge in [-0.2, -0.15) is 11.8 Å². The van der Waals surface area contributed by atoms with Gasteiger partial charge in [-0.05, 0) is 32.9 Å². The van der Waals surface area contributed by atoms with Crippen LogP contribution in [-0.4, -0.2) is 53.4 Å². The highest BCUT2D eigenvalue weighted by atomic mass is 32.2. The molecule has 0 saturated heterocycles. The summed E-state index contributed by atoms with van der Waals surface area (Å²) in [5.74, 6) is 1.71. The van der Waals surface area contributed by atoms with Gasteiger partial charge in [-0.15, -0.1) is 0 Å². The molecule has 0 rings (SSSR count). The largest absolute Gasteiger partial charge is 0.444 e. The Labute approximate surface area is 102 Å². The smallest absolute Gasteiger partial charge is 0.410 e. The third-order valence-corrected chi connectivity index (χ3v) is 2.77. The van der Waals surface area contributed by atoms with Crippen LogP contribution in [0, 0.1) is 0 Å². The number of nitrogens with zero attached hydrogens (tertiary/aromatic N) is 1. The molecule has 4 nitrogen and oxygen atoms in total. The summed E-state index contributed by atoms with van der Waals surface area (Å²) in [6.45, 7) is 6.47. The van der Waals surface area contributed by atoms with Gasteiger partial charge in [0, 0.05) is 19.3 Å². The molecule has 0 bridgehead atoms. The van der Waals surface area contributed by atoms with Gasteiger partial charge in [0.1, 0.15) is 5.60 Å². The second-order valence-corrected chi connectivity index (χ2v) is 5.82. The number of rotatable bonds is 6. The van der Waals surface area contributed by atoms with Gasteiger partial charge >= 0.3 is 6.09 Å². The van der Waals surface area contributed by atoms with E-state index in [2.05, 4.69) is 0 Å². The van der Waals surface area contributed by atoms with E-state index >= 15 is 0 Å². The second kappa shape index (κ2) is 7.79. The van der Waals surface area contributed by atoms with Gasteiger partial charge in [0.25, 0.3) is 0 Å². The van der Waals surface area contributed by atoms with Crippen molar-refractivity contribution in [3.63, 3.8) is 0 Å². The molecule has 0 aliphatic heterocycles. The highest BCUT2D eigenvalue weighted by Gasteiger charge is 2.18. The Hall–Kier alpha value is -0.420. The van der Waals surface area contributed by atoms with Crippen molar-refractivity contribution in [1.29, 1.82) is 0 Å². The monoisotopic (exact) mass is 249 g/mol. The molecule has 0 atom stereocenters. The quantitative estimate of drug-likeness (QED) is 0.731. The summed E-state index contributed by atoms with van der Waals surface area (Å²) in [6, 6.07) is 0. The van der Waals surface area contributed by atoms with Gasteiger partial charge < -0.3 is 14.7 Å². The van der Waals surface area contributed by atoms with Crippen LogP contribution in [0.2, 0.25) is 0 Å². The fourth-order valence-corrected chi connectivity index (χ4v) is 1.67. The number of carbonyl (C=O) groups excluding carboxylic acids is 1. The van der Waals surface area contributed by atoms with E-state index in [1.807, 2.05) is 20.8 Å². The number of ether oxygens (including phenoxy) is 1. The molecule has 5 heteroatoms. The molecule has 1 N–H and O–H groups in total. The van der Waals surface area contributed by atoms with Crippen LogP contribution in [0.3, 0.4) is 0 Å². The Morgan fingerprint density at radius 2 is 2.00 bits per heavy atom. The van der Waals surface area contributed by atoms with E-state index in [9.17, 15) is 4.79 Å². The van der Waals surface area contributed by atoms with Gasteiger partial charge in [0.15, 0.2) is 0 Å². The molecule has 0 aliphatic carbocycles. The SMILES string of the molecule is CN(CCCSCCO)C(=O)OC(C)(C)C. The average molecular weight is 249 g/mol. The van der Waals surface area contributed by atoms with E-state index in [-0.39, 0.29) is 12.7 Å². The standard InChI is InChI=1S/C11H23NO3S/c1-11(2,3)15-10(14)12(4)6-5-8-16-9-7-13/h13H,5-9H2,1-4H3. The zero-order chi connectivity index (χ0) is 12.6. The molecule has 0 spiro atoms. The van der Waals surface area contributed by atoms with E-state index < -0.39 is 5.60 Å². The van der Waals surface area contributed by atoms with Gasteiger partial charge in [0.05, 0.1) is 6.61 Å². The van der Waals surface area contributed by atoms with Crippen molar-refractivity contribution in [1.82, 2.24) is 4.90 Å². The lowest BCUT2D eigenvalue weighted by Crippen LogP contribution is -2.34. The molecule has 0 heterocycles. The van der Waals surface area contributed by atoms with E-state index in [1.165, 1.54) is 0 Å². The van der Waals surface area contributed by atoms with Crippen LogP contribution in [0.25, 0.3) is 0 Å². The first-order chi connectivity index (χ1) is 7.37. The molecule has 0 aliphatic rings. The number of aliphatic hydroxyl groups excluding tert-OH is 1. The number of amides is 1. The van der Waals surface area contributed by atoms with Crippen LogP contribution in [0.5, 0.6) is 0 Å². The fourth-order valence-electron chi connectivity index (χ4n) is 1.00. The first-order valence-corrected chi connectivity index (χ1v) is 6.65. The van der Waals surface area contributed by atoms with Crippen LogP contribution in [0.1, 0.15) is 27.2 Å². The molecule has 0 radical (unpaired) electrons. The highest BCUT2D eigenvalue weighted by Crippen LogP contribution is 2.09. The Kier molecular flexibility index (Phi) is 7.58. The Balaban J connectivity index is 3.64. The van der Waals surface area contributed by atoms with Crippen LogP contribution in [0.4, 0.5) is 4.79 Å². The first kappa shape index (κ1) is 15.6. The van der Waals surface area contributed by atoms with Crippen molar-refractivity contribution in [2.45, 2.75) is 32.8 Å². The van der Waals surface area contributed by atoms with Crippen molar-refractivity contribution in [2.24, 2.45) is 0 Å². The Bertz CT molecular complexity index is 204. The van der Waals surface area contributed by atoms with E-state index in [0.717, 1.165) is 17.9 Å². The van der Waals surface area contributed by atoms with Gasteiger partial charge in [-0.1, -0.05) is 0 Å². The van der Waals surface area contributed by atoms with Crippen LogP contribution >= 0.6 is 11.8 Å². The minimum absolute atomic E-state index is 0.215. The minimum atomic E-state index is -0.434. The van der Waals surface area contributed by atoms with E-state index in [0.29, 0.717) is 6.54 Å². The number of hydrogen-bond donors (Lipinski definition) is 1. The van der Waals surface area contributed by atoms with Crippen molar-refractivity contribution in [3.05, 3.63) is 0 Å². The average Bonchev–Trinajstić information content (AvgIpc) is 2.14. The lowest BCUT2D eigenvalue weighted by Gasteiger charge is -2.24. The summed E-state index contributed by atoms with van der Waals surface area (Å²) in [7, 11) is 1.74. The molecule has 0 saturated carbocycles. The summed E-state index contributed by atoms with van der Waals surface area (Å²) in [5.41, 5.74) is -0.434. The third-order valence-electron chi connectivity index (χ3n) is 1.72. The van der Waals surface area contributed by atoms with Gasteiger partial charge in [0.2, 0.25) is 0 Å². The molecule has 16 heavy (non-hydrogen) atoms. The predicted octanol–water partition coefficient (Wildman–Crippen LogP) is 1.97. The van der Waals surface area contributed by atoms with Crippen molar-refractivity contribution >= 4 is 17.9 Å². The summed E-state index contributed by atoms with van der Waals surface area (Å²) in [5, 5.41) is 8.59. The highest BCUT2D eigenvalue weighted by molar-refractivity contribution is 7.99. The molecule has 0 fully saturated rings. The maximum atomic E-state index is 11.5. The Morgan fingerprint density at radius 3 is 2.50 bits per heavy atom. The van der Waals surface area contributed by atoms with Gasteiger partial charge in [-0.25, -0.2) is 4.79 Å². The molecular formula is C11H23NO3S. The van der Waals surface area contributed by atoms with Crippen molar-refractivity contribution in [2.75, 3.05) is 31.7 Å². The second-order valence-electron chi connectivity index (χ2n) is 4.59. The number of carbonyl (C=O) groups is 1. The fraction of sp³-hybridized carbons (Fsp3) is 0.909. The summed E-state index contributed by atoms with van der Waals surface area (Å²) < 4.78 is 5.22. The topological polar surface area (TPSA) is 49.8 Å². The molecule has 96 valence electrons. The van der Waals surface area contributed by atoms with E-state index in [1.54, 1.807) is 23.7 Å². The van der Waals surface area contributed by atoms with Crippen molar-refractivity contribution < 1.29 is 14.6 Å². The maximum Gasteiger partial charge on any atom is 0.410 e. The number of aliphatic hydroxyl groups is 1. The van der Waals surface area contributed by atoms with Crippen molar-refractivity contribution in [3.8, 4) is 0 Å². The summed E-state index contributed by atoms with van der Waals surface area (Å²) in [6.07, 6.45) is 0.639. The minimum Gasteiger partial charge on any atom is -0.444 e. The molecule has 0 aromatic heterocycles. The normalized spacial score (nSPS) is 11.3. The molecule has 0 aromatic carbocycles. The first-order valence-electron chi connectivity index (χ1n) is 5.49. The number of hydrogen-bond acceptors (Lipinski definition) is 4. The summed E-state index contributed by atoms with van der Waals surface area (Å²) in [4.78, 5) is 13.1. The van der Waals surface area contributed by atoms with Crippen LogP contribution in [-0.2, 0) is 4.74 Å². The number of thioether (sulfide) groups is 1. The molecule has 0 unspecified atom stereocenters. The molecular weight excluding hydrogens is 226 g/mol. The lowest BCUT2D eigenvalue weighted by atomic mass is 10.2.